The molecule has 2 heterocycles. The lowest BCUT2D eigenvalue weighted by atomic mass is 10.0. The summed E-state index contributed by atoms with van der Waals surface area (Å²) < 4.78 is 1.86. The molecule has 1 aromatic carbocycles. The molecule has 0 amide bonds. The lowest BCUT2D eigenvalue weighted by molar-refractivity contribution is 0.771. The highest BCUT2D eigenvalue weighted by molar-refractivity contribution is 5.80. The van der Waals surface area contributed by atoms with E-state index in [0.717, 1.165) is 28.1 Å². The molecule has 3 nitrogen and oxygen atoms in total. The van der Waals surface area contributed by atoms with Crippen molar-refractivity contribution in [2.75, 3.05) is 0 Å². The molecule has 2 aromatic heterocycles. The van der Waals surface area contributed by atoms with Gasteiger partial charge in [0.2, 0.25) is 0 Å². The lowest BCUT2D eigenvalue weighted by Gasteiger charge is -2.04. The molecule has 3 aromatic rings. The number of rotatable bonds is 2. The molecule has 0 saturated heterocycles. The van der Waals surface area contributed by atoms with Crippen molar-refractivity contribution in [2.24, 2.45) is 7.05 Å². The standard InChI is InChI=1S/C17H17N3/c1-12-5-4-6-15(9-12)17-16(11-20(3)19-17)14-7-8-18-13(2)10-14/h4-11H,1-3H3. The van der Waals surface area contributed by atoms with E-state index in [-0.39, 0.29) is 0 Å². The van der Waals surface area contributed by atoms with Gasteiger partial charge in [-0.1, -0.05) is 23.8 Å². The molecule has 3 heteroatoms. The summed E-state index contributed by atoms with van der Waals surface area (Å²) in [4.78, 5) is 4.26. The summed E-state index contributed by atoms with van der Waals surface area (Å²) in [5, 5.41) is 4.62. The van der Waals surface area contributed by atoms with Gasteiger partial charge in [0.05, 0.1) is 0 Å². The SMILES string of the molecule is Cc1cccc(-c2nn(C)cc2-c2ccnc(C)c2)c1. The molecule has 0 bridgehead atoms. The van der Waals surface area contributed by atoms with Gasteiger partial charge in [-0.3, -0.25) is 9.67 Å². The Kier molecular flexibility index (Phi) is 3.11. The van der Waals surface area contributed by atoms with Gasteiger partial charge in [-0.2, -0.15) is 5.10 Å². The first-order chi connectivity index (χ1) is 9.63. The third-order valence-corrected chi connectivity index (χ3v) is 3.33. The molecular weight excluding hydrogens is 246 g/mol. The van der Waals surface area contributed by atoms with Crippen LogP contribution >= 0.6 is 0 Å². The summed E-state index contributed by atoms with van der Waals surface area (Å²) in [5.74, 6) is 0. The van der Waals surface area contributed by atoms with Crippen molar-refractivity contribution in [1.82, 2.24) is 14.8 Å². The van der Waals surface area contributed by atoms with Crippen LogP contribution in [0.4, 0.5) is 0 Å². The van der Waals surface area contributed by atoms with E-state index in [1.54, 1.807) is 0 Å². The Bertz CT molecular complexity index is 693. The van der Waals surface area contributed by atoms with Crippen LogP contribution in [0.1, 0.15) is 11.3 Å². The zero-order valence-corrected chi connectivity index (χ0v) is 12.0. The topological polar surface area (TPSA) is 30.7 Å². The van der Waals surface area contributed by atoms with Crippen molar-refractivity contribution in [1.29, 1.82) is 0 Å². The number of hydrogen-bond acceptors (Lipinski definition) is 2. The quantitative estimate of drug-likeness (QED) is 0.704. The first-order valence-corrected chi connectivity index (χ1v) is 6.67. The van der Waals surface area contributed by atoms with E-state index in [1.807, 2.05) is 30.9 Å². The maximum absolute atomic E-state index is 4.62. The first kappa shape index (κ1) is 12.6. The van der Waals surface area contributed by atoms with Gasteiger partial charge >= 0.3 is 0 Å². The molecule has 100 valence electrons. The largest absolute Gasteiger partial charge is 0.275 e. The predicted octanol–water partition coefficient (Wildman–Crippen LogP) is 3.77. The summed E-state index contributed by atoms with van der Waals surface area (Å²) in [7, 11) is 1.96. The molecular formula is C17H17N3. The zero-order chi connectivity index (χ0) is 14.1. The molecule has 3 rings (SSSR count). The maximum Gasteiger partial charge on any atom is 0.100 e. The van der Waals surface area contributed by atoms with Crippen LogP contribution in [-0.2, 0) is 7.05 Å². The summed E-state index contributed by atoms with van der Waals surface area (Å²) in [6.45, 7) is 4.11. The van der Waals surface area contributed by atoms with Crippen LogP contribution in [0.15, 0.2) is 48.8 Å². The van der Waals surface area contributed by atoms with Gasteiger partial charge in [-0.15, -0.1) is 0 Å². The normalized spacial score (nSPS) is 10.8. The second-order valence-corrected chi connectivity index (χ2v) is 5.12. The highest BCUT2D eigenvalue weighted by Crippen LogP contribution is 2.31. The Hall–Kier alpha value is -2.42. The van der Waals surface area contributed by atoms with Crippen LogP contribution in [0.2, 0.25) is 0 Å². The average Bonchev–Trinajstić information content (AvgIpc) is 2.81. The van der Waals surface area contributed by atoms with E-state index in [1.165, 1.54) is 5.56 Å². The summed E-state index contributed by atoms with van der Waals surface area (Å²) in [5.41, 5.74) is 6.72. The van der Waals surface area contributed by atoms with Crippen LogP contribution in [0, 0.1) is 13.8 Å². The highest BCUT2D eigenvalue weighted by atomic mass is 15.2. The smallest absolute Gasteiger partial charge is 0.100 e. The minimum Gasteiger partial charge on any atom is -0.275 e. The molecule has 0 atom stereocenters. The highest BCUT2D eigenvalue weighted by Gasteiger charge is 2.12. The van der Waals surface area contributed by atoms with Crippen molar-refractivity contribution in [3.63, 3.8) is 0 Å². The molecule has 0 radical (unpaired) electrons. The number of hydrogen-bond donors (Lipinski definition) is 0. The second-order valence-electron chi connectivity index (χ2n) is 5.12. The number of pyridine rings is 1. The van der Waals surface area contributed by atoms with Crippen LogP contribution in [-0.4, -0.2) is 14.8 Å². The number of aromatic nitrogens is 3. The summed E-state index contributed by atoms with van der Waals surface area (Å²) in [6.07, 6.45) is 3.91. The molecule has 0 aliphatic carbocycles. The summed E-state index contributed by atoms with van der Waals surface area (Å²) in [6, 6.07) is 12.6. The van der Waals surface area contributed by atoms with Gasteiger partial charge in [-0.05, 0) is 37.6 Å². The maximum atomic E-state index is 4.62. The van der Waals surface area contributed by atoms with Crippen LogP contribution in [0.5, 0.6) is 0 Å². The van der Waals surface area contributed by atoms with Gasteiger partial charge < -0.3 is 0 Å². The van der Waals surface area contributed by atoms with E-state index in [2.05, 4.69) is 53.5 Å². The Morgan fingerprint density at radius 2 is 1.85 bits per heavy atom. The monoisotopic (exact) mass is 263 g/mol. The average molecular weight is 263 g/mol. The van der Waals surface area contributed by atoms with Crippen molar-refractivity contribution >= 4 is 0 Å². The molecule has 0 fully saturated rings. The van der Waals surface area contributed by atoms with Gasteiger partial charge in [-0.25, -0.2) is 0 Å². The second kappa shape index (κ2) is 4.93. The number of benzene rings is 1. The third kappa shape index (κ3) is 2.35. The van der Waals surface area contributed by atoms with Crippen molar-refractivity contribution in [3.8, 4) is 22.4 Å². The fourth-order valence-electron chi connectivity index (χ4n) is 2.42. The van der Waals surface area contributed by atoms with Crippen molar-refractivity contribution in [2.45, 2.75) is 13.8 Å². The number of aryl methyl sites for hydroxylation is 3. The van der Waals surface area contributed by atoms with Crippen LogP contribution in [0.25, 0.3) is 22.4 Å². The van der Waals surface area contributed by atoms with E-state index < -0.39 is 0 Å². The molecule has 0 aliphatic rings. The molecule has 0 saturated carbocycles. The van der Waals surface area contributed by atoms with Gasteiger partial charge in [0.1, 0.15) is 5.69 Å². The molecule has 0 spiro atoms. The Morgan fingerprint density at radius 1 is 1.00 bits per heavy atom. The molecule has 0 unspecified atom stereocenters. The first-order valence-electron chi connectivity index (χ1n) is 6.67. The van der Waals surface area contributed by atoms with Crippen molar-refractivity contribution < 1.29 is 0 Å². The lowest BCUT2D eigenvalue weighted by Crippen LogP contribution is -1.88. The van der Waals surface area contributed by atoms with E-state index >= 15 is 0 Å². The minimum atomic E-state index is 1.02. The Morgan fingerprint density at radius 3 is 2.60 bits per heavy atom. The molecule has 0 aliphatic heterocycles. The van der Waals surface area contributed by atoms with E-state index in [4.69, 9.17) is 0 Å². The molecule has 20 heavy (non-hydrogen) atoms. The molecule has 0 N–H and O–H groups in total. The van der Waals surface area contributed by atoms with E-state index in [9.17, 15) is 0 Å². The Labute approximate surface area is 118 Å². The summed E-state index contributed by atoms with van der Waals surface area (Å²) >= 11 is 0. The van der Waals surface area contributed by atoms with Gasteiger partial charge in [0, 0.05) is 36.3 Å². The van der Waals surface area contributed by atoms with Gasteiger partial charge in [0.15, 0.2) is 0 Å². The fourth-order valence-corrected chi connectivity index (χ4v) is 2.42. The van der Waals surface area contributed by atoms with E-state index in [0.29, 0.717) is 0 Å². The zero-order valence-electron chi connectivity index (χ0n) is 12.0. The van der Waals surface area contributed by atoms with Gasteiger partial charge in [0.25, 0.3) is 0 Å². The third-order valence-electron chi connectivity index (χ3n) is 3.33. The fraction of sp³-hybridized carbons (Fsp3) is 0.176. The van der Waals surface area contributed by atoms with Crippen molar-refractivity contribution in [3.05, 3.63) is 60.0 Å². The van der Waals surface area contributed by atoms with Crippen LogP contribution < -0.4 is 0 Å². The number of nitrogens with zero attached hydrogens (tertiary/aromatic N) is 3. The minimum absolute atomic E-state index is 1.02. The Balaban J connectivity index is 2.18. The predicted molar refractivity (Wildman–Crippen MR) is 81.3 cm³/mol. The van der Waals surface area contributed by atoms with Crippen LogP contribution in [0.3, 0.4) is 0 Å².